The van der Waals surface area contributed by atoms with Crippen LogP contribution in [0.15, 0.2) is 18.2 Å². The smallest absolute Gasteiger partial charge is 0.307 e. The lowest BCUT2D eigenvalue weighted by molar-refractivity contribution is -0.143. The van der Waals surface area contributed by atoms with Crippen LogP contribution in [0.5, 0.6) is 0 Å². The summed E-state index contributed by atoms with van der Waals surface area (Å²) >= 11 is 0. The maximum Gasteiger partial charge on any atom is 0.307 e. The van der Waals surface area contributed by atoms with Crippen molar-refractivity contribution < 1.29 is 27.8 Å². The predicted octanol–water partition coefficient (Wildman–Crippen LogP) is 2.10. The van der Waals surface area contributed by atoms with Gasteiger partial charge in [0.2, 0.25) is 0 Å². The maximum absolute atomic E-state index is 13.8. The molecule has 1 N–H and O–H groups in total. The number of methoxy groups -OCH3 is 1. The summed E-state index contributed by atoms with van der Waals surface area (Å²) in [6.45, 7) is 2.69. The Balaban J connectivity index is 2.85. The molecule has 1 rings (SSSR count). The molecule has 7 heteroatoms. The summed E-state index contributed by atoms with van der Waals surface area (Å²) in [4.78, 5) is 24.0. The zero-order chi connectivity index (χ0) is 17.2. The third kappa shape index (κ3) is 6.42. The molecule has 1 aromatic carbocycles. The van der Waals surface area contributed by atoms with E-state index in [0.29, 0.717) is 19.6 Å². The van der Waals surface area contributed by atoms with Gasteiger partial charge in [-0.15, -0.1) is 0 Å². The van der Waals surface area contributed by atoms with Crippen molar-refractivity contribution in [3.05, 3.63) is 35.4 Å². The molecule has 0 aromatic heterocycles. The van der Waals surface area contributed by atoms with Gasteiger partial charge in [0.25, 0.3) is 0 Å². The highest BCUT2D eigenvalue weighted by Crippen LogP contribution is 2.14. The van der Waals surface area contributed by atoms with Gasteiger partial charge in [-0.25, -0.2) is 8.78 Å². The molecule has 0 saturated heterocycles. The van der Waals surface area contributed by atoms with Gasteiger partial charge in [-0.3, -0.25) is 9.59 Å². The molecule has 5 nitrogen and oxygen atoms in total. The average molecular weight is 329 g/mol. The van der Waals surface area contributed by atoms with Crippen LogP contribution in [0.2, 0.25) is 0 Å². The topological polar surface area (TPSA) is 64.6 Å². The van der Waals surface area contributed by atoms with E-state index in [0.717, 1.165) is 18.2 Å². The van der Waals surface area contributed by atoms with Crippen LogP contribution >= 0.6 is 0 Å². The summed E-state index contributed by atoms with van der Waals surface area (Å²) < 4.78 is 36.7. The number of carbonyl (C=O) groups excluding carboxylic acids is 2. The summed E-state index contributed by atoms with van der Waals surface area (Å²) in [6.07, 6.45) is 0.352. The van der Waals surface area contributed by atoms with E-state index in [1.165, 1.54) is 0 Å². The van der Waals surface area contributed by atoms with Crippen molar-refractivity contribution in [3.63, 3.8) is 0 Å². The Hall–Kier alpha value is -1.86. The van der Waals surface area contributed by atoms with Crippen molar-refractivity contribution in [2.45, 2.75) is 25.8 Å². The first kappa shape index (κ1) is 19.2. The third-order valence-electron chi connectivity index (χ3n) is 3.10. The molecule has 1 atom stereocenters. The number of halogens is 2. The lowest BCUT2D eigenvalue weighted by atomic mass is 10.0. The van der Waals surface area contributed by atoms with Gasteiger partial charge in [0, 0.05) is 13.7 Å². The Labute approximate surface area is 134 Å². The third-order valence-corrected chi connectivity index (χ3v) is 3.10. The van der Waals surface area contributed by atoms with E-state index >= 15 is 0 Å². The van der Waals surface area contributed by atoms with E-state index < -0.39 is 35.0 Å². The summed E-state index contributed by atoms with van der Waals surface area (Å²) in [5.74, 6) is -2.82. The molecule has 0 radical (unpaired) electrons. The fourth-order valence-electron chi connectivity index (χ4n) is 2.01. The lowest BCUT2D eigenvalue weighted by Crippen LogP contribution is -2.40. The second-order valence-electron chi connectivity index (χ2n) is 4.85. The average Bonchev–Trinajstić information content (AvgIpc) is 2.52. The zero-order valence-corrected chi connectivity index (χ0v) is 13.2. The molecule has 0 aliphatic carbocycles. The number of nitrogens with one attached hydrogen (secondary N) is 1. The van der Waals surface area contributed by atoms with Crippen molar-refractivity contribution in [1.82, 2.24) is 5.32 Å². The van der Waals surface area contributed by atoms with Crippen LogP contribution in [0.3, 0.4) is 0 Å². The van der Waals surface area contributed by atoms with Crippen LogP contribution in [0.25, 0.3) is 0 Å². The van der Waals surface area contributed by atoms with Crippen LogP contribution < -0.4 is 5.32 Å². The number of ether oxygens (including phenoxy) is 2. The molecule has 0 fully saturated rings. The number of Topliss-reactive ketones (excluding diaryl/α,β-unsaturated/α-hetero) is 1. The number of rotatable bonds is 10. The zero-order valence-electron chi connectivity index (χ0n) is 13.2. The van der Waals surface area contributed by atoms with Gasteiger partial charge in [-0.2, -0.15) is 0 Å². The molecular weight excluding hydrogens is 308 g/mol. The number of esters is 1. The molecule has 0 aliphatic heterocycles. The Bertz CT molecular complexity index is 537. The van der Waals surface area contributed by atoms with Gasteiger partial charge in [0.15, 0.2) is 5.78 Å². The Morgan fingerprint density at radius 1 is 1.30 bits per heavy atom. The van der Waals surface area contributed by atoms with Gasteiger partial charge >= 0.3 is 5.97 Å². The summed E-state index contributed by atoms with van der Waals surface area (Å²) in [6, 6.07) is 1.65. The normalized spacial score (nSPS) is 12.0. The van der Waals surface area contributed by atoms with Crippen LogP contribution in [0.1, 0.15) is 30.1 Å². The number of hydrogen-bond acceptors (Lipinski definition) is 5. The molecule has 0 heterocycles. The number of benzene rings is 1. The van der Waals surface area contributed by atoms with Gasteiger partial charge in [-0.1, -0.05) is 0 Å². The highest BCUT2D eigenvalue weighted by atomic mass is 19.1. The molecule has 0 saturated carbocycles. The maximum atomic E-state index is 13.8. The van der Waals surface area contributed by atoms with Crippen molar-refractivity contribution in [3.8, 4) is 0 Å². The summed E-state index contributed by atoms with van der Waals surface area (Å²) in [5, 5.41) is 2.87. The Kier molecular flexibility index (Phi) is 8.36. The molecule has 1 unspecified atom stereocenters. The first-order valence-corrected chi connectivity index (χ1v) is 7.36. The van der Waals surface area contributed by atoms with Crippen molar-refractivity contribution >= 4 is 11.8 Å². The fraction of sp³-hybridized carbons (Fsp3) is 0.500. The van der Waals surface area contributed by atoms with Gasteiger partial charge < -0.3 is 14.8 Å². The van der Waals surface area contributed by atoms with E-state index in [-0.39, 0.29) is 13.0 Å². The molecule has 23 heavy (non-hydrogen) atoms. The van der Waals surface area contributed by atoms with E-state index in [1.54, 1.807) is 14.0 Å². The number of ketones is 1. The monoisotopic (exact) mass is 329 g/mol. The number of hydrogen-bond donors (Lipinski definition) is 1. The standard InChI is InChI=1S/C16H21F2NO4/c1-3-23-15(20)10-14(19-7-4-8-22-2)16(21)12-9-11(17)5-6-13(12)18/h5-6,9,14,19H,3-4,7-8,10H2,1-2H3. The highest BCUT2D eigenvalue weighted by Gasteiger charge is 2.25. The lowest BCUT2D eigenvalue weighted by Gasteiger charge is -2.17. The van der Waals surface area contributed by atoms with Crippen molar-refractivity contribution in [2.24, 2.45) is 0 Å². The molecular formula is C16H21F2NO4. The van der Waals surface area contributed by atoms with Crippen LogP contribution in [-0.4, -0.2) is 44.7 Å². The summed E-state index contributed by atoms with van der Waals surface area (Å²) in [5.41, 5.74) is -0.390. The predicted molar refractivity (Wildman–Crippen MR) is 80.2 cm³/mol. The first-order valence-electron chi connectivity index (χ1n) is 7.36. The van der Waals surface area contributed by atoms with Gasteiger partial charge in [0.1, 0.15) is 11.6 Å². The fourth-order valence-corrected chi connectivity index (χ4v) is 2.01. The highest BCUT2D eigenvalue weighted by molar-refractivity contribution is 6.02. The van der Waals surface area contributed by atoms with Crippen molar-refractivity contribution in [1.29, 1.82) is 0 Å². The van der Waals surface area contributed by atoms with Gasteiger partial charge in [-0.05, 0) is 38.1 Å². The molecule has 128 valence electrons. The van der Waals surface area contributed by atoms with Gasteiger partial charge in [0.05, 0.1) is 24.6 Å². The molecule has 1 aromatic rings. The van der Waals surface area contributed by atoms with E-state index in [9.17, 15) is 18.4 Å². The molecule has 0 bridgehead atoms. The SMILES string of the molecule is CCOC(=O)CC(NCCCOC)C(=O)c1cc(F)ccc1F. The second-order valence-corrected chi connectivity index (χ2v) is 4.85. The van der Waals surface area contributed by atoms with Crippen LogP contribution in [0.4, 0.5) is 8.78 Å². The Morgan fingerprint density at radius 3 is 2.70 bits per heavy atom. The molecule has 0 amide bonds. The minimum absolute atomic E-state index is 0.178. The van der Waals surface area contributed by atoms with E-state index in [4.69, 9.17) is 9.47 Å². The molecule has 0 aliphatic rings. The Morgan fingerprint density at radius 2 is 2.04 bits per heavy atom. The van der Waals surface area contributed by atoms with E-state index in [1.807, 2.05) is 0 Å². The molecule has 0 spiro atoms. The quantitative estimate of drug-likeness (QED) is 0.404. The summed E-state index contributed by atoms with van der Waals surface area (Å²) in [7, 11) is 1.55. The minimum atomic E-state index is -0.984. The van der Waals surface area contributed by atoms with Crippen LogP contribution in [-0.2, 0) is 14.3 Å². The van der Waals surface area contributed by atoms with E-state index in [2.05, 4.69) is 5.32 Å². The van der Waals surface area contributed by atoms with Crippen molar-refractivity contribution in [2.75, 3.05) is 26.9 Å². The minimum Gasteiger partial charge on any atom is -0.466 e. The van der Waals surface area contributed by atoms with Crippen LogP contribution in [0, 0.1) is 11.6 Å². The first-order chi connectivity index (χ1) is 11.0. The second kappa shape index (κ2) is 10.0. The largest absolute Gasteiger partial charge is 0.466 e. The number of carbonyl (C=O) groups is 2.